The average molecular weight is 318 g/mol. The topological polar surface area (TPSA) is 68.9 Å². The van der Waals surface area contributed by atoms with Gasteiger partial charge in [0.1, 0.15) is 18.2 Å². The summed E-state index contributed by atoms with van der Waals surface area (Å²) in [4.78, 5) is 24.4. The van der Waals surface area contributed by atoms with Crippen molar-refractivity contribution in [3.8, 4) is 0 Å². The number of rotatable bonds is 3. The van der Waals surface area contributed by atoms with E-state index >= 15 is 0 Å². The molecule has 2 heterocycles. The molecular weight excluding hydrogens is 299 g/mol. The SMILES string of the molecule is Cc1ccc(F)c(NC(=O)Cn2nc3n(c2=O)CCCCC3)c1. The highest BCUT2D eigenvalue weighted by atomic mass is 19.1. The van der Waals surface area contributed by atoms with E-state index in [-0.39, 0.29) is 17.9 Å². The van der Waals surface area contributed by atoms with Gasteiger partial charge in [0, 0.05) is 13.0 Å². The predicted octanol–water partition coefficient (Wildman–Crippen LogP) is 1.86. The molecule has 1 aromatic carbocycles. The summed E-state index contributed by atoms with van der Waals surface area (Å²) >= 11 is 0. The molecule has 3 rings (SSSR count). The first kappa shape index (κ1) is 15.5. The molecule has 0 bridgehead atoms. The van der Waals surface area contributed by atoms with Gasteiger partial charge in [-0.25, -0.2) is 13.9 Å². The van der Waals surface area contributed by atoms with Gasteiger partial charge < -0.3 is 5.32 Å². The van der Waals surface area contributed by atoms with Crippen LogP contribution in [0.1, 0.15) is 30.7 Å². The fourth-order valence-corrected chi connectivity index (χ4v) is 2.79. The van der Waals surface area contributed by atoms with Crippen LogP contribution in [0.2, 0.25) is 0 Å². The summed E-state index contributed by atoms with van der Waals surface area (Å²) in [7, 11) is 0. The van der Waals surface area contributed by atoms with E-state index in [0.29, 0.717) is 6.54 Å². The van der Waals surface area contributed by atoms with E-state index in [1.807, 2.05) is 6.92 Å². The van der Waals surface area contributed by atoms with Crippen LogP contribution in [0.15, 0.2) is 23.0 Å². The molecule has 2 aromatic rings. The van der Waals surface area contributed by atoms with Gasteiger partial charge in [0.15, 0.2) is 0 Å². The normalized spacial score (nSPS) is 14.2. The quantitative estimate of drug-likeness (QED) is 0.939. The van der Waals surface area contributed by atoms with Gasteiger partial charge in [0.2, 0.25) is 5.91 Å². The lowest BCUT2D eigenvalue weighted by atomic mass is 10.2. The lowest BCUT2D eigenvalue weighted by Gasteiger charge is -2.07. The number of aromatic nitrogens is 3. The van der Waals surface area contributed by atoms with Crippen molar-refractivity contribution in [3.05, 3.63) is 45.9 Å². The summed E-state index contributed by atoms with van der Waals surface area (Å²) in [6, 6.07) is 4.48. The van der Waals surface area contributed by atoms with Crippen molar-refractivity contribution in [1.82, 2.24) is 14.3 Å². The van der Waals surface area contributed by atoms with Crippen molar-refractivity contribution < 1.29 is 9.18 Å². The van der Waals surface area contributed by atoms with Crippen LogP contribution in [0.3, 0.4) is 0 Å². The van der Waals surface area contributed by atoms with E-state index in [9.17, 15) is 14.0 Å². The van der Waals surface area contributed by atoms with Crippen molar-refractivity contribution in [2.45, 2.75) is 45.7 Å². The first-order valence-electron chi connectivity index (χ1n) is 7.77. The highest BCUT2D eigenvalue weighted by Crippen LogP contribution is 2.15. The highest BCUT2D eigenvalue weighted by molar-refractivity contribution is 5.90. The van der Waals surface area contributed by atoms with Crippen LogP contribution in [-0.2, 0) is 24.3 Å². The molecule has 0 spiro atoms. The Morgan fingerprint density at radius 3 is 3.00 bits per heavy atom. The molecule has 0 saturated carbocycles. The molecule has 0 aliphatic carbocycles. The first-order chi connectivity index (χ1) is 11.0. The highest BCUT2D eigenvalue weighted by Gasteiger charge is 2.17. The van der Waals surface area contributed by atoms with Gasteiger partial charge in [-0.05, 0) is 37.5 Å². The third-order valence-electron chi connectivity index (χ3n) is 3.97. The van der Waals surface area contributed by atoms with Gasteiger partial charge in [-0.2, -0.15) is 5.10 Å². The summed E-state index contributed by atoms with van der Waals surface area (Å²) < 4.78 is 16.5. The molecule has 1 aliphatic rings. The Balaban J connectivity index is 1.76. The van der Waals surface area contributed by atoms with Gasteiger partial charge in [0.05, 0.1) is 5.69 Å². The Morgan fingerprint density at radius 1 is 1.35 bits per heavy atom. The van der Waals surface area contributed by atoms with Crippen molar-refractivity contribution >= 4 is 11.6 Å². The van der Waals surface area contributed by atoms with Crippen molar-refractivity contribution in [2.75, 3.05) is 5.32 Å². The van der Waals surface area contributed by atoms with E-state index < -0.39 is 11.7 Å². The number of hydrogen-bond acceptors (Lipinski definition) is 3. The van der Waals surface area contributed by atoms with Crippen LogP contribution < -0.4 is 11.0 Å². The summed E-state index contributed by atoms with van der Waals surface area (Å²) in [5.41, 5.74) is 0.679. The second-order valence-corrected chi connectivity index (χ2v) is 5.85. The zero-order valence-corrected chi connectivity index (χ0v) is 13.0. The maximum atomic E-state index is 13.7. The number of aryl methyl sites for hydroxylation is 2. The largest absolute Gasteiger partial charge is 0.346 e. The number of halogens is 1. The molecule has 0 fully saturated rings. The summed E-state index contributed by atoms with van der Waals surface area (Å²) in [5, 5.41) is 6.74. The van der Waals surface area contributed by atoms with Gasteiger partial charge in [0.25, 0.3) is 0 Å². The third-order valence-corrected chi connectivity index (χ3v) is 3.97. The van der Waals surface area contributed by atoms with Gasteiger partial charge in [-0.15, -0.1) is 0 Å². The number of carbonyl (C=O) groups excluding carboxylic acids is 1. The van der Waals surface area contributed by atoms with Crippen LogP contribution in [0, 0.1) is 12.7 Å². The minimum Gasteiger partial charge on any atom is -0.322 e. The molecule has 1 aliphatic heterocycles. The van der Waals surface area contributed by atoms with Crippen LogP contribution in [0.5, 0.6) is 0 Å². The van der Waals surface area contributed by atoms with Crippen molar-refractivity contribution in [2.24, 2.45) is 0 Å². The minimum absolute atomic E-state index is 0.115. The maximum absolute atomic E-state index is 13.7. The molecular formula is C16H19FN4O2. The van der Waals surface area contributed by atoms with E-state index in [1.165, 1.54) is 6.07 Å². The van der Waals surface area contributed by atoms with Crippen LogP contribution in [-0.4, -0.2) is 20.3 Å². The second kappa shape index (κ2) is 6.36. The van der Waals surface area contributed by atoms with Crippen LogP contribution in [0.4, 0.5) is 10.1 Å². The second-order valence-electron chi connectivity index (χ2n) is 5.85. The van der Waals surface area contributed by atoms with E-state index in [2.05, 4.69) is 10.4 Å². The predicted molar refractivity (Wildman–Crippen MR) is 83.8 cm³/mol. The van der Waals surface area contributed by atoms with Crippen LogP contribution >= 0.6 is 0 Å². The number of amides is 1. The number of hydrogen-bond donors (Lipinski definition) is 1. The maximum Gasteiger partial charge on any atom is 0.346 e. The van der Waals surface area contributed by atoms with Crippen molar-refractivity contribution in [3.63, 3.8) is 0 Å². The summed E-state index contributed by atoms with van der Waals surface area (Å²) in [5.74, 6) is -0.246. The van der Waals surface area contributed by atoms with E-state index in [1.54, 1.807) is 16.7 Å². The number of anilines is 1. The molecule has 0 saturated heterocycles. The molecule has 0 radical (unpaired) electrons. The van der Waals surface area contributed by atoms with Crippen LogP contribution in [0.25, 0.3) is 0 Å². The van der Waals surface area contributed by atoms with Gasteiger partial charge >= 0.3 is 5.69 Å². The molecule has 6 nitrogen and oxygen atoms in total. The number of nitrogens with one attached hydrogen (secondary N) is 1. The van der Waals surface area contributed by atoms with Gasteiger partial charge in [-0.1, -0.05) is 12.5 Å². The Kier molecular flexibility index (Phi) is 4.27. The Bertz CT molecular complexity index is 794. The lowest BCUT2D eigenvalue weighted by Crippen LogP contribution is -2.30. The third kappa shape index (κ3) is 3.33. The molecule has 0 atom stereocenters. The smallest absolute Gasteiger partial charge is 0.322 e. The van der Waals surface area contributed by atoms with Gasteiger partial charge in [-0.3, -0.25) is 9.36 Å². The van der Waals surface area contributed by atoms with E-state index in [0.717, 1.165) is 41.8 Å². The molecule has 0 unspecified atom stereocenters. The summed E-state index contributed by atoms with van der Waals surface area (Å²) in [6.45, 7) is 2.24. The molecule has 1 N–H and O–H groups in total. The summed E-state index contributed by atoms with van der Waals surface area (Å²) in [6.07, 6.45) is 3.77. The monoisotopic (exact) mass is 318 g/mol. The minimum atomic E-state index is -0.503. The van der Waals surface area contributed by atoms with E-state index in [4.69, 9.17) is 0 Å². The molecule has 122 valence electrons. The molecule has 1 amide bonds. The fraction of sp³-hybridized carbons (Fsp3) is 0.438. The number of nitrogens with zero attached hydrogens (tertiary/aromatic N) is 3. The lowest BCUT2D eigenvalue weighted by molar-refractivity contribution is -0.117. The van der Waals surface area contributed by atoms with Crippen molar-refractivity contribution in [1.29, 1.82) is 0 Å². The Labute approximate surface area is 132 Å². The molecule has 7 heteroatoms. The average Bonchev–Trinajstić information content (AvgIpc) is 2.68. The Hall–Kier alpha value is -2.44. The standard InChI is InChI=1S/C16H19FN4O2/c1-11-6-7-12(17)13(9-11)18-15(22)10-21-16(23)20-8-4-2-3-5-14(20)19-21/h6-7,9H,2-5,8,10H2,1H3,(H,18,22). The number of carbonyl (C=O) groups is 1. The Morgan fingerprint density at radius 2 is 2.17 bits per heavy atom. The molecule has 23 heavy (non-hydrogen) atoms. The zero-order valence-electron chi connectivity index (χ0n) is 13.0. The first-order valence-corrected chi connectivity index (χ1v) is 7.77. The molecule has 1 aromatic heterocycles. The zero-order chi connectivity index (χ0) is 16.4. The number of fused-ring (bicyclic) bond motifs is 1. The fourth-order valence-electron chi connectivity index (χ4n) is 2.79. The number of benzene rings is 1.